The van der Waals surface area contributed by atoms with Gasteiger partial charge in [-0.25, -0.2) is 0 Å². The average Bonchev–Trinajstić information content (AvgIpc) is 3.52. The molecule has 3 fully saturated rings. The van der Waals surface area contributed by atoms with Crippen molar-refractivity contribution in [2.24, 2.45) is 5.92 Å². The fourth-order valence-electron chi connectivity index (χ4n) is 6.68. The number of benzene rings is 1. The van der Waals surface area contributed by atoms with Crippen molar-refractivity contribution < 1.29 is 23.9 Å². The van der Waals surface area contributed by atoms with Crippen LogP contribution in [-0.4, -0.2) is 69.1 Å². The minimum atomic E-state index is -0.968. The van der Waals surface area contributed by atoms with Gasteiger partial charge < -0.3 is 10.1 Å². The minimum Gasteiger partial charge on any atom is -0.385 e. The van der Waals surface area contributed by atoms with Crippen LogP contribution >= 0.6 is 0 Å². The lowest BCUT2D eigenvalue weighted by Crippen LogP contribution is -2.54. The van der Waals surface area contributed by atoms with E-state index in [1.165, 1.54) is 0 Å². The molecule has 5 heterocycles. The van der Waals surface area contributed by atoms with E-state index in [-0.39, 0.29) is 24.0 Å². The third-order valence-electron chi connectivity index (χ3n) is 9.15. The lowest BCUT2D eigenvalue weighted by atomic mass is 9.80. The fourth-order valence-corrected chi connectivity index (χ4v) is 6.68. The highest BCUT2D eigenvalue weighted by Gasteiger charge is 2.44. The Bertz CT molecular complexity index is 1620. The van der Waals surface area contributed by atoms with Gasteiger partial charge in [-0.3, -0.25) is 39.1 Å². The second-order valence-corrected chi connectivity index (χ2v) is 12.0. The monoisotopic (exact) mass is 582 g/mol. The Morgan fingerprint density at radius 2 is 1.77 bits per heavy atom. The third-order valence-corrected chi connectivity index (χ3v) is 9.15. The molecule has 3 aliphatic heterocycles. The molecule has 222 valence electrons. The fraction of sp³-hybridized carbons (Fsp3) is 0.438. The van der Waals surface area contributed by atoms with Crippen LogP contribution in [0.2, 0.25) is 0 Å². The molecule has 11 nitrogen and oxygen atoms in total. The van der Waals surface area contributed by atoms with E-state index < -0.39 is 29.7 Å². The van der Waals surface area contributed by atoms with Gasteiger partial charge in [0.2, 0.25) is 11.8 Å². The Morgan fingerprint density at radius 3 is 2.53 bits per heavy atom. The number of ether oxygens (including phenoxy) is 1. The number of aromatic nitrogens is 3. The van der Waals surface area contributed by atoms with Gasteiger partial charge in [-0.15, -0.1) is 0 Å². The van der Waals surface area contributed by atoms with Crippen molar-refractivity contribution in [3.63, 3.8) is 0 Å². The zero-order valence-corrected chi connectivity index (χ0v) is 24.0. The Kier molecular flexibility index (Phi) is 7.04. The van der Waals surface area contributed by atoms with E-state index in [1.807, 2.05) is 19.1 Å². The van der Waals surface area contributed by atoms with Gasteiger partial charge in [-0.05, 0) is 75.3 Å². The van der Waals surface area contributed by atoms with Crippen molar-refractivity contribution >= 4 is 29.3 Å². The molecule has 0 radical (unpaired) electrons. The van der Waals surface area contributed by atoms with Gasteiger partial charge in [0.05, 0.1) is 28.6 Å². The van der Waals surface area contributed by atoms with Crippen molar-refractivity contribution in [3.05, 3.63) is 65.1 Å². The number of piperidine rings is 1. The number of nitrogens with zero attached hydrogens (tertiary/aromatic N) is 4. The molecule has 4 amide bonds. The average molecular weight is 583 g/mol. The third kappa shape index (κ3) is 5.11. The van der Waals surface area contributed by atoms with E-state index in [2.05, 4.69) is 27.6 Å². The maximum absolute atomic E-state index is 13.1. The van der Waals surface area contributed by atoms with E-state index in [4.69, 9.17) is 14.8 Å². The molecular formula is C32H34N6O5. The van der Waals surface area contributed by atoms with Crippen LogP contribution in [0.15, 0.2) is 42.6 Å². The first-order valence-corrected chi connectivity index (χ1v) is 15.1. The number of carbonyl (C=O) groups is 4. The van der Waals surface area contributed by atoms with Gasteiger partial charge in [-0.2, -0.15) is 5.10 Å². The smallest absolute Gasteiger partial charge is 0.262 e. The lowest BCUT2D eigenvalue weighted by molar-refractivity contribution is -0.136. The number of nitrogens with one attached hydrogen (secondary N) is 2. The molecule has 4 aliphatic rings. The number of aryl methyl sites for hydroxylation is 1. The molecule has 1 aliphatic carbocycles. The predicted octanol–water partition coefficient (Wildman–Crippen LogP) is 3.61. The number of hydrogen-bond acceptors (Lipinski definition) is 8. The van der Waals surface area contributed by atoms with Gasteiger partial charge in [0.25, 0.3) is 11.8 Å². The number of carbonyl (C=O) groups excluding carboxylic acids is 4. The number of hydrogen-bond donors (Lipinski definition) is 2. The molecule has 2 saturated heterocycles. The van der Waals surface area contributed by atoms with Crippen LogP contribution in [0.3, 0.4) is 0 Å². The van der Waals surface area contributed by atoms with Crippen LogP contribution in [0.1, 0.15) is 82.6 Å². The maximum Gasteiger partial charge on any atom is 0.262 e. The minimum absolute atomic E-state index is 0.0957. The highest BCUT2D eigenvalue weighted by molar-refractivity contribution is 6.23. The van der Waals surface area contributed by atoms with Crippen molar-refractivity contribution in [2.75, 3.05) is 25.1 Å². The first kappa shape index (κ1) is 27.5. The summed E-state index contributed by atoms with van der Waals surface area (Å²) in [4.78, 5) is 55.8. The summed E-state index contributed by atoms with van der Waals surface area (Å²) in [6, 6.07) is 10.6. The Hall–Kier alpha value is -4.38. The van der Waals surface area contributed by atoms with E-state index >= 15 is 0 Å². The van der Waals surface area contributed by atoms with Crippen LogP contribution in [0.25, 0.3) is 11.3 Å². The second kappa shape index (κ2) is 11.0. The van der Waals surface area contributed by atoms with E-state index in [9.17, 15) is 19.2 Å². The molecule has 2 aromatic heterocycles. The summed E-state index contributed by atoms with van der Waals surface area (Å²) in [5.74, 6) is -1.19. The van der Waals surface area contributed by atoms with Crippen molar-refractivity contribution in [2.45, 2.75) is 63.5 Å². The predicted molar refractivity (Wildman–Crippen MR) is 156 cm³/mol. The zero-order chi connectivity index (χ0) is 29.7. The number of anilines is 1. The number of fused-ring (bicyclic) bond motifs is 1. The molecule has 0 bridgehead atoms. The molecule has 43 heavy (non-hydrogen) atoms. The van der Waals surface area contributed by atoms with Crippen molar-refractivity contribution in [1.29, 1.82) is 0 Å². The topological polar surface area (TPSA) is 136 Å². The lowest BCUT2D eigenvalue weighted by Gasteiger charge is -2.35. The largest absolute Gasteiger partial charge is 0.385 e. The summed E-state index contributed by atoms with van der Waals surface area (Å²) in [6.45, 7) is 4.25. The summed E-state index contributed by atoms with van der Waals surface area (Å²) in [7, 11) is 0. The Morgan fingerprint density at radius 1 is 0.977 bits per heavy atom. The standard InChI is InChI=1S/C32H34N6O5/c1-18-3-2-4-26(34-18)25-17-37(36-29(25)20-9-11-43-12-10-20)22-13-19(14-22)16-33-21-5-6-23-24(15-21)32(42)38(31(23)41)27-7-8-28(39)35-30(27)40/h2-6,15,17,19-20,22,27,33H,7-14,16H2,1H3,(H,35,39,40). The summed E-state index contributed by atoms with van der Waals surface area (Å²) >= 11 is 0. The first-order chi connectivity index (χ1) is 20.9. The van der Waals surface area contributed by atoms with Crippen molar-refractivity contribution in [1.82, 2.24) is 25.0 Å². The van der Waals surface area contributed by atoms with E-state index in [0.717, 1.165) is 78.7 Å². The Labute approximate surface area is 249 Å². The SMILES string of the molecule is Cc1cccc(-c2cn(C3CC(CNc4ccc5c(c4)C(=O)N(C4CCC(=O)NC4=O)C5=O)C3)nc2C2CCOCC2)n1. The summed E-state index contributed by atoms with van der Waals surface area (Å²) in [6.07, 6.45) is 6.29. The molecular weight excluding hydrogens is 548 g/mol. The second-order valence-electron chi connectivity index (χ2n) is 12.0. The van der Waals surface area contributed by atoms with Gasteiger partial charge in [0, 0.05) is 55.2 Å². The highest BCUT2D eigenvalue weighted by atomic mass is 16.5. The van der Waals surface area contributed by atoms with Gasteiger partial charge in [-0.1, -0.05) is 6.07 Å². The molecule has 1 atom stereocenters. The quantitative estimate of drug-likeness (QED) is 0.404. The molecule has 1 saturated carbocycles. The van der Waals surface area contributed by atoms with Crippen LogP contribution in [0, 0.1) is 12.8 Å². The summed E-state index contributed by atoms with van der Waals surface area (Å²) in [5, 5.41) is 10.8. The molecule has 2 N–H and O–H groups in total. The van der Waals surface area contributed by atoms with E-state index in [0.29, 0.717) is 17.9 Å². The van der Waals surface area contributed by atoms with Crippen molar-refractivity contribution in [3.8, 4) is 11.3 Å². The maximum atomic E-state index is 13.1. The highest BCUT2D eigenvalue weighted by Crippen LogP contribution is 2.41. The van der Waals surface area contributed by atoms with Crippen LogP contribution < -0.4 is 10.6 Å². The summed E-state index contributed by atoms with van der Waals surface area (Å²) < 4.78 is 7.73. The molecule has 0 spiro atoms. The van der Waals surface area contributed by atoms with Gasteiger partial charge in [0.1, 0.15) is 6.04 Å². The number of pyridine rings is 1. The van der Waals surface area contributed by atoms with Crippen LogP contribution in [0.4, 0.5) is 5.69 Å². The Balaban J connectivity index is 1.00. The molecule has 3 aromatic rings. The zero-order valence-electron chi connectivity index (χ0n) is 24.0. The molecule has 11 heteroatoms. The van der Waals surface area contributed by atoms with Gasteiger partial charge in [0.15, 0.2) is 0 Å². The normalized spacial score (nSPS) is 24.1. The summed E-state index contributed by atoms with van der Waals surface area (Å²) in [5.41, 5.74) is 5.49. The molecule has 7 rings (SSSR count). The van der Waals surface area contributed by atoms with Gasteiger partial charge >= 0.3 is 0 Å². The molecule has 1 unspecified atom stereocenters. The number of amides is 4. The van der Waals surface area contributed by atoms with Crippen LogP contribution in [0.5, 0.6) is 0 Å². The number of imide groups is 2. The van der Waals surface area contributed by atoms with E-state index in [1.54, 1.807) is 18.2 Å². The molecule has 1 aromatic carbocycles. The first-order valence-electron chi connectivity index (χ1n) is 15.1. The number of rotatable bonds is 7. The van der Waals surface area contributed by atoms with Crippen LogP contribution in [-0.2, 0) is 14.3 Å².